The number of imidazole rings is 1. The average molecular weight is 354 g/mol. The maximum Gasteiger partial charge on any atom is 0.191 e. The molecule has 3 N–H and O–H groups in total. The number of fused-ring (bicyclic) bond motifs is 1. The predicted octanol–water partition coefficient (Wildman–Crippen LogP) is 1.51. The van der Waals surface area contributed by atoms with Gasteiger partial charge in [0.15, 0.2) is 5.96 Å². The van der Waals surface area contributed by atoms with E-state index in [0.29, 0.717) is 6.54 Å². The molecule has 1 aromatic carbocycles. The second-order valence-electron chi connectivity index (χ2n) is 5.93. The lowest BCUT2D eigenvalue weighted by Crippen LogP contribution is -2.39. The molecule has 0 aliphatic carbocycles. The van der Waals surface area contributed by atoms with Crippen molar-refractivity contribution in [3.8, 4) is 0 Å². The molecule has 0 bridgehead atoms. The second kappa shape index (κ2) is 8.98. The third kappa shape index (κ3) is 4.59. The van der Waals surface area contributed by atoms with E-state index in [1.54, 1.807) is 6.33 Å². The largest absolute Gasteiger partial charge is 0.357 e. The van der Waals surface area contributed by atoms with Crippen LogP contribution in [0.1, 0.15) is 25.5 Å². The van der Waals surface area contributed by atoms with E-state index in [4.69, 9.17) is 0 Å². The fraction of sp³-hybridized carbons (Fsp3) is 0.444. The van der Waals surface area contributed by atoms with Crippen molar-refractivity contribution >= 4 is 17.0 Å². The third-order valence-electron chi connectivity index (χ3n) is 4.06. The van der Waals surface area contributed by atoms with E-state index >= 15 is 0 Å². The highest BCUT2D eigenvalue weighted by Crippen LogP contribution is 2.10. The van der Waals surface area contributed by atoms with Crippen LogP contribution in [-0.2, 0) is 19.4 Å². The van der Waals surface area contributed by atoms with Crippen molar-refractivity contribution in [1.29, 1.82) is 0 Å². The van der Waals surface area contributed by atoms with Gasteiger partial charge in [-0.2, -0.15) is 0 Å². The van der Waals surface area contributed by atoms with Gasteiger partial charge in [0.1, 0.15) is 18.0 Å². The number of aliphatic imine (C=N–C) groups is 1. The smallest absolute Gasteiger partial charge is 0.191 e. The van der Waals surface area contributed by atoms with Crippen LogP contribution in [0.15, 0.2) is 35.6 Å². The van der Waals surface area contributed by atoms with E-state index in [2.05, 4.69) is 54.2 Å². The van der Waals surface area contributed by atoms with Crippen LogP contribution >= 0.6 is 0 Å². The SMILES string of the molecule is CCNC(=NCCc1nc2ccccc2[nH]1)NCCn1cnnc1CC. The number of H-pyrrole nitrogens is 1. The zero-order chi connectivity index (χ0) is 18.2. The van der Waals surface area contributed by atoms with Gasteiger partial charge in [-0.25, -0.2) is 4.98 Å². The molecular weight excluding hydrogens is 328 g/mol. The first-order chi connectivity index (χ1) is 12.8. The van der Waals surface area contributed by atoms with Gasteiger partial charge in [-0.15, -0.1) is 10.2 Å². The Balaban J connectivity index is 1.51. The summed E-state index contributed by atoms with van der Waals surface area (Å²) in [5, 5.41) is 14.7. The molecule has 0 aliphatic rings. The number of para-hydroxylation sites is 2. The molecule has 0 saturated heterocycles. The number of nitrogens with zero attached hydrogens (tertiary/aromatic N) is 5. The van der Waals surface area contributed by atoms with Gasteiger partial charge in [0.25, 0.3) is 0 Å². The highest BCUT2D eigenvalue weighted by atomic mass is 15.3. The molecule has 0 amide bonds. The monoisotopic (exact) mass is 354 g/mol. The van der Waals surface area contributed by atoms with E-state index < -0.39 is 0 Å². The van der Waals surface area contributed by atoms with Crippen LogP contribution in [0, 0.1) is 0 Å². The molecule has 0 unspecified atom stereocenters. The first-order valence-corrected chi connectivity index (χ1v) is 9.12. The van der Waals surface area contributed by atoms with Crippen LogP contribution in [0.25, 0.3) is 11.0 Å². The van der Waals surface area contributed by atoms with Crippen LogP contribution < -0.4 is 10.6 Å². The van der Waals surface area contributed by atoms with E-state index in [9.17, 15) is 0 Å². The number of rotatable bonds is 8. The lowest BCUT2D eigenvalue weighted by atomic mass is 10.3. The predicted molar refractivity (Wildman–Crippen MR) is 103 cm³/mol. The van der Waals surface area contributed by atoms with Crippen molar-refractivity contribution in [2.45, 2.75) is 33.2 Å². The van der Waals surface area contributed by atoms with Crippen LogP contribution in [0.2, 0.25) is 0 Å². The summed E-state index contributed by atoms with van der Waals surface area (Å²) in [6, 6.07) is 8.06. The molecule has 2 heterocycles. The Morgan fingerprint density at radius 2 is 2.12 bits per heavy atom. The van der Waals surface area contributed by atoms with Crippen LogP contribution in [-0.4, -0.2) is 50.3 Å². The summed E-state index contributed by atoms with van der Waals surface area (Å²) in [4.78, 5) is 12.6. The highest BCUT2D eigenvalue weighted by Gasteiger charge is 2.04. The van der Waals surface area contributed by atoms with Gasteiger partial charge in [-0.1, -0.05) is 19.1 Å². The molecule has 26 heavy (non-hydrogen) atoms. The van der Waals surface area contributed by atoms with E-state index in [1.807, 2.05) is 24.3 Å². The van der Waals surface area contributed by atoms with Crippen molar-refractivity contribution in [1.82, 2.24) is 35.4 Å². The van der Waals surface area contributed by atoms with Crippen molar-refractivity contribution < 1.29 is 0 Å². The van der Waals surface area contributed by atoms with Gasteiger partial charge < -0.3 is 20.2 Å². The number of hydrogen-bond acceptors (Lipinski definition) is 4. The van der Waals surface area contributed by atoms with Crippen LogP contribution in [0.3, 0.4) is 0 Å². The number of aryl methyl sites for hydroxylation is 1. The molecule has 8 heteroatoms. The Kier molecular flexibility index (Phi) is 6.19. The molecular formula is C18H26N8. The van der Waals surface area contributed by atoms with Crippen LogP contribution in [0.4, 0.5) is 0 Å². The lowest BCUT2D eigenvalue weighted by molar-refractivity contribution is 0.632. The van der Waals surface area contributed by atoms with Gasteiger partial charge in [-0.05, 0) is 19.1 Å². The van der Waals surface area contributed by atoms with Gasteiger partial charge in [0, 0.05) is 39.0 Å². The maximum absolute atomic E-state index is 4.63. The van der Waals surface area contributed by atoms with E-state index in [1.165, 1.54) is 0 Å². The summed E-state index contributed by atoms with van der Waals surface area (Å²) in [7, 11) is 0. The standard InChI is InChI=1S/C18H26N8/c1-3-17-25-22-13-26(17)12-11-21-18(19-4-2)20-10-9-16-23-14-7-5-6-8-15(14)24-16/h5-8,13H,3-4,9-12H2,1-2H3,(H,23,24)(H2,19,20,21). The third-order valence-corrected chi connectivity index (χ3v) is 4.06. The molecule has 8 nitrogen and oxygen atoms in total. The zero-order valence-corrected chi connectivity index (χ0v) is 15.4. The van der Waals surface area contributed by atoms with Crippen molar-refractivity contribution in [2.24, 2.45) is 4.99 Å². The summed E-state index contributed by atoms with van der Waals surface area (Å²) < 4.78 is 2.06. The minimum absolute atomic E-state index is 0.669. The van der Waals surface area contributed by atoms with E-state index in [0.717, 1.165) is 61.1 Å². The van der Waals surface area contributed by atoms with Gasteiger partial charge in [0.2, 0.25) is 0 Å². The highest BCUT2D eigenvalue weighted by molar-refractivity contribution is 5.79. The molecule has 2 aromatic heterocycles. The quantitative estimate of drug-likeness (QED) is 0.421. The Labute approximate surface area is 153 Å². The van der Waals surface area contributed by atoms with Gasteiger partial charge in [0.05, 0.1) is 11.0 Å². The fourth-order valence-electron chi connectivity index (χ4n) is 2.77. The molecule has 3 aromatic rings. The van der Waals surface area contributed by atoms with Crippen molar-refractivity contribution in [3.63, 3.8) is 0 Å². The van der Waals surface area contributed by atoms with Crippen molar-refractivity contribution in [2.75, 3.05) is 19.6 Å². The second-order valence-corrected chi connectivity index (χ2v) is 5.93. The normalized spacial score (nSPS) is 11.8. The minimum Gasteiger partial charge on any atom is -0.357 e. The number of guanidine groups is 1. The topological polar surface area (TPSA) is 95.8 Å². The Hall–Kier alpha value is -2.90. The molecule has 0 radical (unpaired) electrons. The van der Waals surface area contributed by atoms with Gasteiger partial charge in [-0.3, -0.25) is 4.99 Å². The Bertz CT molecular complexity index is 815. The number of aromatic nitrogens is 5. The molecule has 0 saturated carbocycles. The number of benzene rings is 1. The zero-order valence-electron chi connectivity index (χ0n) is 15.4. The summed E-state index contributed by atoms with van der Waals surface area (Å²) >= 11 is 0. The molecule has 0 atom stereocenters. The fourth-order valence-corrected chi connectivity index (χ4v) is 2.77. The summed E-state index contributed by atoms with van der Waals surface area (Å²) in [5.41, 5.74) is 2.06. The summed E-state index contributed by atoms with van der Waals surface area (Å²) in [6.07, 6.45) is 3.43. The Morgan fingerprint density at radius 1 is 1.23 bits per heavy atom. The minimum atomic E-state index is 0.669. The lowest BCUT2D eigenvalue weighted by Gasteiger charge is -2.12. The maximum atomic E-state index is 4.63. The summed E-state index contributed by atoms with van der Waals surface area (Å²) in [5.74, 6) is 2.77. The van der Waals surface area contributed by atoms with Crippen molar-refractivity contribution in [3.05, 3.63) is 42.2 Å². The van der Waals surface area contributed by atoms with E-state index in [-0.39, 0.29) is 0 Å². The average Bonchev–Trinajstić information content (AvgIpc) is 3.27. The molecule has 0 aliphatic heterocycles. The first kappa shape index (κ1) is 17.9. The Morgan fingerprint density at radius 3 is 2.92 bits per heavy atom. The molecule has 138 valence electrons. The summed E-state index contributed by atoms with van der Waals surface area (Å²) in [6.45, 7) is 7.21. The number of nitrogens with one attached hydrogen (secondary N) is 3. The first-order valence-electron chi connectivity index (χ1n) is 9.12. The molecule has 0 fully saturated rings. The van der Waals surface area contributed by atoms with Gasteiger partial charge >= 0.3 is 0 Å². The number of hydrogen-bond donors (Lipinski definition) is 3. The molecule has 3 rings (SSSR count). The number of aromatic amines is 1. The van der Waals surface area contributed by atoms with Crippen LogP contribution in [0.5, 0.6) is 0 Å². The molecule has 0 spiro atoms.